The van der Waals surface area contributed by atoms with E-state index < -0.39 is 0 Å². The van der Waals surface area contributed by atoms with Crippen molar-refractivity contribution in [1.29, 1.82) is 0 Å². The molecule has 0 aliphatic carbocycles. The molecule has 0 saturated carbocycles. The quantitative estimate of drug-likeness (QED) is 0.785. The van der Waals surface area contributed by atoms with Crippen LogP contribution < -0.4 is 0 Å². The lowest BCUT2D eigenvalue weighted by Crippen LogP contribution is -2.33. The molecule has 138 valence electrons. The van der Waals surface area contributed by atoms with Crippen LogP contribution >= 0.6 is 23.2 Å². The Morgan fingerprint density at radius 3 is 2.85 bits per heavy atom. The minimum absolute atomic E-state index is 0.0212. The van der Waals surface area contributed by atoms with Crippen LogP contribution in [0.2, 0.25) is 10.0 Å². The second kappa shape index (κ2) is 7.57. The van der Waals surface area contributed by atoms with E-state index in [-0.39, 0.29) is 18.4 Å². The highest BCUT2D eigenvalue weighted by molar-refractivity contribution is 6.35. The van der Waals surface area contributed by atoms with Crippen LogP contribution in [0.4, 0.5) is 0 Å². The summed E-state index contributed by atoms with van der Waals surface area (Å²) in [7, 11) is 0. The molecule has 5 nitrogen and oxygen atoms in total. The van der Waals surface area contributed by atoms with E-state index in [4.69, 9.17) is 23.2 Å². The highest BCUT2D eigenvalue weighted by Gasteiger charge is 2.34. The van der Waals surface area contributed by atoms with Crippen LogP contribution in [0.1, 0.15) is 55.4 Å². The van der Waals surface area contributed by atoms with Gasteiger partial charge in [-0.3, -0.25) is 4.79 Å². The van der Waals surface area contributed by atoms with E-state index in [1.807, 2.05) is 11.0 Å². The average molecular weight is 393 g/mol. The number of amides is 1. The predicted molar refractivity (Wildman–Crippen MR) is 101 cm³/mol. The van der Waals surface area contributed by atoms with Gasteiger partial charge in [0.15, 0.2) is 5.82 Å². The second-order valence-corrected chi connectivity index (χ2v) is 7.94. The van der Waals surface area contributed by atoms with Gasteiger partial charge in [0, 0.05) is 29.6 Å². The number of nitrogens with zero attached hydrogens (tertiary/aromatic N) is 4. The number of hydrogen-bond acceptors (Lipinski definition) is 3. The van der Waals surface area contributed by atoms with Gasteiger partial charge in [0.2, 0.25) is 5.91 Å². The van der Waals surface area contributed by atoms with E-state index in [1.165, 1.54) is 12.8 Å². The summed E-state index contributed by atoms with van der Waals surface area (Å²) >= 11 is 12.2. The fraction of sp³-hybridized carbons (Fsp3) is 0.526. The summed E-state index contributed by atoms with van der Waals surface area (Å²) in [6.45, 7) is 1.72. The van der Waals surface area contributed by atoms with Gasteiger partial charge in [-0.1, -0.05) is 35.7 Å². The maximum Gasteiger partial charge on any atom is 0.227 e. The number of benzene rings is 1. The number of halogens is 2. The van der Waals surface area contributed by atoms with Crippen molar-refractivity contribution in [3.05, 3.63) is 45.5 Å². The number of fused-ring (bicyclic) bond motifs is 1. The van der Waals surface area contributed by atoms with Crippen LogP contribution in [-0.2, 0) is 24.2 Å². The third-order valence-electron chi connectivity index (χ3n) is 5.37. The molecule has 0 N–H and O–H groups in total. The zero-order valence-corrected chi connectivity index (χ0v) is 16.1. The fourth-order valence-corrected chi connectivity index (χ4v) is 4.49. The molecule has 7 heteroatoms. The third-order valence-corrected chi connectivity index (χ3v) is 5.95. The molecule has 2 aromatic rings. The van der Waals surface area contributed by atoms with Crippen LogP contribution in [0.25, 0.3) is 0 Å². The van der Waals surface area contributed by atoms with Crippen LogP contribution in [-0.4, -0.2) is 32.1 Å². The molecule has 1 amide bonds. The van der Waals surface area contributed by atoms with E-state index in [9.17, 15) is 4.79 Å². The molecular formula is C19H22Cl2N4O. The zero-order chi connectivity index (χ0) is 18.1. The Morgan fingerprint density at radius 1 is 1.12 bits per heavy atom. The van der Waals surface area contributed by atoms with E-state index in [0.717, 1.165) is 56.0 Å². The minimum atomic E-state index is 0.0212. The maximum absolute atomic E-state index is 13.0. The highest BCUT2D eigenvalue weighted by Crippen LogP contribution is 2.33. The summed E-state index contributed by atoms with van der Waals surface area (Å²) < 4.78 is 2.25. The SMILES string of the molecule is O=C(Cc1ccc(Cl)cc1Cl)N1CCCC1c1nnc2n1CCCCC2. The van der Waals surface area contributed by atoms with Crippen LogP contribution in [0, 0.1) is 0 Å². The molecule has 1 aromatic heterocycles. The van der Waals surface area contributed by atoms with Crippen molar-refractivity contribution >= 4 is 29.1 Å². The average Bonchev–Trinajstić information content (AvgIpc) is 3.18. The largest absolute Gasteiger partial charge is 0.332 e. The number of rotatable bonds is 3. The van der Waals surface area contributed by atoms with Gasteiger partial charge < -0.3 is 9.47 Å². The molecule has 2 aliphatic rings. The fourth-order valence-electron chi connectivity index (χ4n) is 4.02. The molecule has 1 atom stereocenters. The molecule has 2 aliphatic heterocycles. The molecule has 4 rings (SSSR count). The standard InChI is InChI=1S/C19H22Cl2N4O/c20-14-8-7-13(15(21)12-14)11-18(26)24-10-4-5-16(24)19-23-22-17-6-2-1-3-9-25(17)19/h7-8,12,16H,1-6,9-11H2. The molecule has 1 fully saturated rings. The molecule has 0 bridgehead atoms. The van der Waals surface area contributed by atoms with Crippen molar-refractivity contribution in [2.75, 3.05) is 6.54 Å². The Balaban J connectivity index is 1.55. The van der Waals surface area contributed by atoms with Gasteiger partial charge in [-0.2, -0.15) is 0 Å². The van der Waals surface area contributed by atoms with Gasteiger partial charge >= 0.3 is 0 Å². The number of aryl methyl sites for hydroxylation is 1. The summed E-state index contributed by atoms with van der Waals surface area (Å²) in [5, 5.41) is 9.99. The predicted octanol–water partition coefficient (Wildman–Crippen LogP) is 4.22. The topological polar surface area (TPSA) is 51.0 Å². The lowest BCUT2D eigenvalue weighted by atomic mass is 10.1. The molecular weight excluding hydrogens is 371 g/mol. The Kier molecular flexibility index (Phi) is 5.18. The first-order valence-corrected chi connectivity index (χ1v) is 10.0. The first kappa shape index (κ1) is 17.8. The summed E-state index contributed by atoms with van der Waals surface area (Å²) in [5.74, 6) is 2.11. The van der Waals surface area contributed by atoms with E-state index in [0.29, 0.717) is 10.0 Å². The Bertz CT molecular complexity index is 820. The normalized spacial score (nSPS) is 20.1. The minimum Gasteiger partial charge on any atom is -0.332 e. The lowest BCUT2D eigenvalue weighted by molar-refractivity contribution is -0.131. The molecule has 0 radical (unpaired) electrons. The highest BCUT2D eigenvalue weighted by atomic mass is 35.5. The number of carbonyl (C=O) groups is 1. The number of aromatic nitrogens is 3. The number of carbonyl (C=O) groups excluding carboxylic acids is 1. The summed E-state index contributed by atoms with van der Waals surface area (Å²) in [6.07, 6.45) is 6.75. The lowest BCUT2D eigenvalue weighted by Gasteiger charge is -2.25. The van der Waals surface area contributed by atoms with Crippen molar-refractivity contribution in [3.63, 3.8) is 0 Å². The summed E-state index contributed by atoms with van der Waals surface area (Å²) in [5.41, 5.74) is 0.812. The Morgan fingerprint density at radius 2 is 2.00 bits per heavy atom. The van der Waals surface area contributed by atoms with Crippen molar-refractivity contribution in [1.82, 2.24) is 19.7 Å². The van der Waals surface area contributed by atoms with Crippen molar-refractivity contribution in [3.8, 4) is 0 Å². The van der Waals surface area contributed by atoms with E-state index >= 15 is 0 Å². The van der Waals surface area contributed by atoms with Crippen molar-refractivity contribution < 1.29 is 4.79 Å². The van der Waals surface area contributed by atoms with Gasteiger partial charge in [0.1, 0.15) is 5.82 Å². The smallest absolute Gasteiger partial charge is 0.227 e. The van der Waals surface area contributed by atoms with Crippen molar-refractivity contribution in [2.24, 2.45) is 0 Å². The molecule has 1 aromatic carbocycles. The molecule has 1 saturated heterocycles. The van der Waals surface area contributed by atoms with Crippen molar-refractivity contribution in [2.45, 2.75) is 57.5 Å². The molecule has 1 unspecified atom stereocenters. The maximum atomic E-state index is 13.0. The molecule has 26 heavy (non-hydrogen) atoms. The van der Waals surface area contributed by atoms with Crippen LogP contribution in [0.5, 0.6) is 0 Å². The van der Waals surface area contributed by atoms with Gasteiger partial charge in [-0.05, 0) is 43.4 Å². The van der Waals surface area contributed by atoms with Gasteiger partial charge in [-0.15, -0.1) is 10.2 Å². The van der Waals surface area contributed by atoms with Crippen LogP contribution in [0.3, 0.4) is 0 Å². The summed E-state index contributed by atoms with van der Waals surface area (Å²) in [6, 6.07) is 5.31. The third kappa shape index (κ3) is 3.47. The van der Waals surface area contributed by atoms with E-state index in [2.05, 4.69) is 14.8 Å². The summed E-state index contributed by atoms with van der Waals surface area (Å²) in [4.78, 5) is 14.9. The Hall–Kier alpha value is -1.59. The number of likely N-dealkylation sites (tertiary alicyclic amines) is 1. The van der Waals surface area contributed by atoms with Gasteiger partial charge in [0.05, 0.1) is 12.5 Å². The first-order valence-electron chi connectivity index (χ1n) is 9.29. The molecule has 3 heterocycles. The van der Waals surface area contributed by atoms with Gasteiger partial charge in [-0.25, -0.2) is 0 Å². The first-order chi connectivity index (χ1) is 12.6. The van der Waals surface area contributed by atoms with Gasteiger partial charge in [0.25, 0.3) is 0 Å². The second-order valence-electron chi connectivity index (χ2n) is 7.09. The molecule has 0 spiro atoms. The Labute approximate surface area is 163 Å². The zero-order valence-electron chi connectivity index (χ0n) is 14.6. The van der Waals surface area contributed by atoms with Crippen LogP contribution in [0.15, 0.2) is 18.2 Å². The van der Waals surface area contributed by atoms with E-state index in [1.54, 1.807) is 12.1 Å². The monoisotopic (exact) mass is 392 g/mol. The number of hydrogen-bond donors (Lipinski definition) is 0.